The summed E-state index contributed by atoms with van der Waals surface area (Å²) in [6.07, 6.45) is 1.22. The van der Waals surface area contributed by atoms with E-state index in [4.69, 9.17) is 0 Å². The standard InChI is InChI=1S/C17H28N2/c1-13(17(2,3)4)11-18-10-9-14-12-19-16-8-6-5-7-15(14)16/h5-8,13-14,18-19H,9-12H2,1-4H3. The van der Waals surface area contributed by atoms with E-state index in [0.29, 0.717) is 17.3 Å². The molecule has 0 fully saturated rings. The Morgan fingerprint density at radius 2 is 2.05 bits per heavy atom. The molecular formula is C17H28N2. The Bertz CT molecular complexity index is 406. The molecule has 0 bridgehead atoms. The molecule has 2 unspecified atom stereocenters. The summed E-state index contributed by atoms with van der Waals surface area (Å²) in [4.78, 5) is 0. The average Bonchev–Trinajstić information content (AvgIpc) is 2.76. The van der Waals surface area contributed by atoms with Crippen LogP contribution in [0.1, 0.15) is 45.6 Å². The van der Waals surface area contributed by atoms with E-state index >= 15 is 0 Å². The van der Waals surface area contributed by atoms with Gasteiger partial charge < -0.3 is 10.6 Å². The second-order valence-corrected chi connectivity index (χ2v) is 6.92. The van der Waals surface area contributed by atoms with E-state index in [9.17, 15) is 0 Å². The van der Waals surface area contributed by atoms with Crippen molar-refractivity contribution >= 4 is 5.69 Å². The van der Waals surface area contributed by atoms with Gasteiger partial charge in [-0.3, -0.25) is 0 Å². The molecule has 0 spiro atoms. The summed E-state index contributed by atoms with van der Waals surface area (Å²) in [6, 6.07) is 8.70. The minimum atomic E-state index is 0.397. The number of para-hydroxylation sites is 1. The molecule has 0 aliphatic carbocycles. The van der Waals surface area contributed by atoms with Crippen LogP contribution in [0.25, 0.3) is 0 Å². The lowest BCUT2D eigenvalue weighted by atomic mass is 9.82. The molecule has 1 aromatic carbocycles. The molecule has 0 saturated heterocycles. The molecule has 1 heterocycles. The Kier molecular flexibility index (Phi) is 4.51. The first-order chi connectivity index (χ1) is 8.98. The van der Waals surface area contributed by atoms with Crippen LogP contribution < -0.4 is 10.6 Å². The van der Waals surface area contributed by atoms with Crippen molar-refractivity contribution in [1.82, 2.24) is 5.32 Å². The number of rotatable bonds is 5. The molecule has 1 aliphatic rings. The second kappa shape index (κ2) is 5.96. The zero-order chi connectivity index (χ0) is 13.9. The van der Waals surface area contributed by atoms with Gasteiger partial charge in [0.05, 0.1) is 0 Å². The molecule has 19 heavy (non-hydrogen) atoms. The van der Waals surface area contributed by atoms with Crippen LogP contribution in [0.2, 0.25) is 0 Å². The number of fused-ring (bicyclic) bond motifs is 1. The summed E-state index contributed by atoms with van der Waals surface area (Å²) in [5.74, 6) is 1.38. The normalized spacial score (nSPS) is 19.9. The van der Waals surface area contributed by atoms with Crippen molar-refractivity contribution in [2.75, 3.05) is 25.0 Å². The Morgan fingerprint density at radius 1 is 1.32 bits per heavy atom. The number of benzene rings is 1. The predicted octanol–water partition coefficient (Wildman–Crippen LogP) is 3.86. The molecular weight excluding hydrogens is 232 g/mol. The van der Waals surface area contributed by atoms with Crippen molar-refractivity contribution in [3.8, 4) is 0 Å². The van der Waals surface area contributed by atoms with E-state index in [1.807, 2.05) is 0 Å². The van der Waals surface area contributed by atoms with Crippen LogP contribution in [-0.2, 0) is 0 Å². The van der Waals surface area contributed by atoms with Crippen LogP contribution in [0.4, 0.5) is 5.69 Å². The molecule has 2 heteroatoms. The smallest absolute Gasteiger partial charge is 0.0376 e. The van der Waals surface area contributed by atoms with Gasteiger partial charge >= 0.3 is 0 Å². The molecule has 2 rings (SSSR count). The minimum absolute atomic E-state index is 0.397. The quantitative estimate of drug-likeness (QED) is 0.786. The highest BCUT2D eigenvalue weighted by atomic mass is 14.9. The fourth-order valence-electron chi connectivity index (χ4n) is 2.52. The Morgan fingerprint density at radius 3 is 2.79 bits per heavy atom. The first kappa shape index (κ1) is 14.4. The molecule has 2 nitrogen and oxygen atoms in total. The van der Waals surface area contributed by atoms with Crippen LogP contribution in [0.5, 0.6) is 0 Å². The summed E-state index contributed by atoms with van der Waals surface area (Å²) < 4.78 is 0. The third-order valence-electron chi connectivity index (χ3n) is 4.54. The van der Waals surface area contributed by atoms with Crippen molar-refractivity contribution < 1.29 is 0 Å². The predicted molar refractivity (Wildman–Crippen MR) is 83.8 cm³/mol. The van der Waals surface area contributed by atoms with Gasteiger partial charge in [-0.2, -0.15) is 0 Å². The van der Waals surface area contributed by atoms with Crippen molar-refractivity contribution in [3.63, 3.8) is 0 Å². The summed E-state index contributed by atoms with van der Waals surface area (Å²) in [7, 11) is 0. The van der Waals surface area contributed by atoms with Crippen LogP contribution in [0.15, 0.2) is 24.3 Å². The lowest BCUT2D eigenvalue weighted by Gasteiger charge is -2.27. The topological polar surface area (TPSA) is 24.1 Å². The largest absolute Gasteiger partial charge is 0.384 e. The van der Waals surface area contributed by atoms with Crippen LogP contribution in [0.3, 0.4) is 0 Å². The number of hydrogen-bond acceptors (Lipinski definition) is 2. The SMILES string of the molecule is CC(CNCCC1CNc2ccccc21)C(C)(C)C. The highest BCUT2D eigenvalue weighted by Crippen LogP contribution is 2.32. The van der Waals surface area contributed by atoms with E-state index in [0.717, 1.165) is 19.6 Å². The Hall–Kier alpha value is -1.02. The first-order valence-electron chi connectivity index (χ1n) is 7.52. The molecule has 0 aromatic heterocycles. The number of nitrogens with one attached hydrogen (secondary N) is 2. The van der Waals surface area contributed by atoms with E-state index in [-0.39, 0.29) is 0 Å². The van der Waals surface area contributed by atoms with Crippen molar-refractivity contribution in [1.29, 1.82) is 0 Å². The van der Waals surface area contributed by atoms with Gasteiger partial charge in [-0.15, -0.1) is 0 Å². The fraction of sp³-hybridized carbons (Fsp3) is 0.647. The number of hydrogen-bond donors (Lipinski definition) is 2. The second-order valence-electron chi connectivity index (χ2n) is 6.92. The molecule has 0 radical (unpaired) electrons. The maximum atomic E-state index is 3.62. The summed E-state index contributed by atoms with van der Waals surface area (Å²) in [5.41, 5.74) is 3.22. The van der Waals surface area contributed by atoms with Crippen molar-refractivity contribution in [3.05, 3.63) is 29.8 Å². The van der Waals surface area contributed by atoms with Gasteiger partial charge in [-0.1, -0.05) is 45.9 Å². The molecule has 1 aromatic rings. The summed E-state index contributed by atoms with van der Waals surface area (Å²) in [6.45, 7) is 12.6. The highest BCUT2D eigenvalue weighted by molar-refractivity contribution is 5.57. The zero-order valence-electron chi connectivity index (χ0n) is 12.8. The molecule has 0 saturated carbocycles. The fourth-order valence-corrected chi connectivity index (χ4v) is 2.52. The van der Waals surface area contributed by atoms with E-state index in [1.165, 1.54) is 17.7 Å². The van der Waals surface area contributed by atoms with Crippen LogP contribution in [0, 0.1) is 11.3 Å². The van der Waals surface area contributed by atoms with Crippen molar-refractivity contribution in [2.24, 2.45) is 11.3 Å². The van der Waals surface area contributed by atoms with E-state index < -0.39 is 0 Å². The van der Waals surface area contributed by atoms with Gasteiger partial charge in [-0.05, 0) is 42.5 Å². The molecule has 106 valence electrons. The lowest BCUT2D eigenvalue weighted by Crippen LogP contribution is -2.30. The Labute approximate surface area is 118 Å². The number of anilines is 1. The first-order valence-corrected chi connectivity index (χ1v) is 7.52. The van der Waals surface area contributed by atoms with Crippen LogP contribution >= 0.6 is 0 Å². The van der Waals surface area contributed by atoms with Gasteiger partial charge in [0.2, 0.25) is 0 Å². The van der Waals surface area contributed by atoms with E-state index in [2.05, 4.69) is 62.6 Å². The molecule has 0 amide bonds. The maximum absolute atomic E-state index is 3.62. The van der Waals surface area contributed by atoms with Gasteiger partial charge in [0.15, 0.2) is 0 Å². The molecule has 2 atom stereocenters. The summed E-state index contributed by atoms with van der Waals surface area (Å²) in [5, 5.41) is 7.12. The van der Waals surface area contributed by atoms with Crippen molar-refractivity contribution in [2.45, 2.75) is 40.0 Å². The maximum Gasteiger partial charge on any atom is 0.0376 e. The Balaban J connectivity index is 1.73. The molecule has 2 N–H and O–H groups in total. The zero-order valence-corrected chi connectivity index (χ0v) is 12.8. The highest BCUT2D eigenvalue weighted by Gasteiger charge is 2.22. The van der Waals surface area contributed by atoms with Gasteiger partial charge in [0.25, 0.3) is 0 Å². The third-order valence-corrected chi connectivity index (χ3v) is 4.54. The van der Waals surface area contributed by atoms with Crippen LogP contribution in [-0.4, -0.2) is 19.6 Å². The average molecular weight is 260 g/mol. The monoisotopic (exact) mass is 260 g/mol. The summed E-state index contributed by atoms with van der Waals surface area (Å²) >= 11 is 0. The van der Waals surface area contributed by atoms with Gasteiger partial charge in [0, 0.05) is 18.2 Å². The molecule has 1 aliphatic heterocycles. The lowest BCUT2D eigenvalue weighted by molar-refractivity contribution is 0.252. The van der Waals surface area contributed by atoms with Gasteiger partial charge in [0.1, 0.15) is 0 Å². The third kappa shape index (κ3) is 3.73. The van der Waals surface area contributed by atoms with E-state index in [1.54, 1.807) is 0 Å². The minimum Gasteiger partial charge on any atom is -0.384 e. The van der Waals surface area contributed by atoms with Gasteiger partial charge in [-0.25, -0.2) is 0 Å².